The minimum absolute atomic E-state index is 0.133. The van der Waals surface area contributed by atoms with Crippen LogP contribution in [-0.2, 0) is 46.4 Å². The lowest BCUT2D eigenvalue weighted by Crippen LogP contribution is -2.68. The van der Waals surface area contributed by atoms with Gasteiger partial charge in [-0.25, -0.2) is 8.78 Å². The Morgan fingerprint density at radius 1 is 0.929 bits per heavy atom. The van der Waals surface area contributed by atoms with Crippen molar-refractivity contribution >= 4 is 22.6 Å². The van der Waals surface area contributed by atoms with Crippen molar-refractivity contribution in [3.63, 3.8) is 0 Å². The fourth-order valence-electron chi connectivity index (χ4n) is 7.32. The Labute approximate surface area is 243 Å². The molecule has 1 saturated heterocycles. The van der Waals surface area contributed by atoms with Gasteiger partial charge in [-0.1, -0.05) is 6.07 Å². The molecule has 1 fully saturated rings. The molecule has 0 radical (unpaired) electrons. The number of ketones is 1. The highest BCUT2D eigenvalue weighted by molar-refractivity contribution is 5.98. The molecule has 2 aromatic carbocycles. The molecule has 1 spiro atoms. The number of rotatable bonds is 3. The third kappa shape index (κ3) is 3.84. The van der Waals surface area contributed by atoms with Gasteiger partial charge in [0.05, 0.1) is 27.7 Å². The summed E-state index contributed by atoms with van der Waals surface area (Å²) in [4.78, 5) is 40.1. The van der Waals surface area contributed by atoms with Crippen molar-refractivity contribution < 1.29 is 18.4 Å². The largest absolute Gasteiger partial charge is 0.326 e. The first-order chi connectivity index (χ1) is 19.9. The smallest absolute Gasteiger partial charge is 0.243 e. The molecule has 3 heterocycles. The molecular formula is C34H32F2N4O2. The van der Waals surface area contributed by atoms with Crippen LogP contribution in [0.15, 0.2) is 60.9 Å². The fraction of sp³-hybridized carbons (Fsp3) is 0.353. The summed E-state index contributed by atoms with van der Waals surface area (Å²) in [6.45, 7) is 6.21. The van der Waals surface area contributed by atoms with Gasteiger partial charge < -0.3 is 4.90 Å². The summed E-state index contributed by atoms with van der Waals surface area (Å²) < 4.78 is 28.7. The van der Waals surface area contributed by atoms with Crippen molar-refractivity contribution in [2.75, 3.05) is 13.6 Å². The van der Waals surface area contributed by atoms with E-state index in [0.717, 1.165) is 44.9 Å². The van der Waals surface area contributed by atoms with E-state index < -0.39 is 28.1 Å². The minimum atomic E-state index is -0.978. The minimum Gasteiger partial charge on any atom is -0.326 e. The van der Waals surface area contributed by atoms with Gasteiger partial charge in [0, 0.05) is 43.4 Å². The molecule has 1 aliphatic heterocycles. The number of amides is 1. The zero-order chi connectivity index (χ0) is 29.6. The number of fused-ring (bicyclic) bond motifs is 4. The molecule has 8 heteroatoms. The van der Waals surface area contributed by atoms with E-state index in [0.29, 0.717) is 31.4 Å². The maximum absolute atomic E-state index is 14.4. The number of piperazine rings is 1. The lowest BCUT2D eigenvalue weighted by atomic mass is 9.78. The highest BCUT2D eigenvalue weighted by atomic mass is 19.1. The molecule has 0 N–H and O–H groups in total. The second kappa shape index (κ2) is 8.98. The molecular weight excluding hydrogens is 533 g/mol. The number of hydrogen-bond acceptors (Lipinski definition) is 5. The number of hydrogen-bond donors (Lipinski definition) is 0. The van der Waals surface area contributed by atoms with Crippen molar-refractivity contribution in [2.24, 2.45) is 0 Å². The van der Waals surface area contributed by atoms with E-state index in [1.54, 1.807) is 17.3 Å². The summed E-state index contributed by atoms with van der Waals surface area (Å²) in [6.07, 6.45) is 5.16. The molecule has 214 valence electrons. The van der Waals surface area contributed by atoms with Gasteiger partial charge in [0.1, 0.15) is 17.4 Å². The van der Waals surface area contributed by atoms with Gasteiger partial charge in [0.15, 0.2) is 0 Å². The van der Waals surface area contributed by atoms with Crippen molar-refractivity contribution in [3.05, 3.63) is 106 Å². The maximum Gasteiger partial charge on any atom is 0.243 e. The second-order valence-electron chi connectivity index (χ2n) is 12.9. The van der Waals surface area contributed by atoms with Gasteiger partial charge in [-0.3, -0.25) is 24.5 Å². The second-order valence-corrected chi connectivity index (χ2v) is 12.9. The lowest BCUT2D eigenvalue weighted by Gasteiger charge is -2.54. The Bertz CT molecular complexity index is 1800. The number of Topliss-reactive ketones (excluding diaryl/α,β-unsaturated/α-hetero) is 1. The van der Waals surface area contributed by atoms with Crippen LogP contribution < -0.4 is 0 Å². The van der Waals surface area contributed by atoms with Crippen LogP contribution in [0.3, 0.4) is 0 Å². The number of benzene rings is 2. The third-order valence-corrected chi connectivity index (χ3v) is 10.0. The molecule has 4 aromatic rings. The molecule has 2 atom stereocenters. The van der Waals surface area contributed by atoms with E-state index >= 15 is 0 Å². The lowest BCUT2D eigenvalue weighted by molar-refractivity contribution is -0.161. The average Bonchev–Trinajstić information content (AvgIpc) is 3.44. The van der Waals surface area contributed by atoms with E-state index in [2.05, 4.69) is 17.1 Å². The van der Waals surface area contributed by atoms with Crippen LogP contribution in [0.1, 0.15) is 54.3 Å². The molecule has 0 bridgehead atoms. The highest BCUT2D eigenvalue weighted by Crippen LogP contribution is 2.47. The van der Waals surface area contributed by atoms with E-state index in [-0.39, 0.29) is 18.2 Å². The molecule has 6 nitrogen and oxygen atoms in total. The predicted octanol–water partition coefficient (Wildman–Crippen LogP) is 5.04. The topological polar surface area (TPSA) is 66.4 Å². The molecule has 2 aliphatic carbocycles. The van der Waals surface area contributed by atoms with Crippen LogP contribution in [0.25, 0.3) is 10.9 Å². The van der Waals surface area contributed by atoms with Crippen LogP contribution in [0, 0.1) is 11.6 Å². The van der Waals surface area contributed by atoms with Crippen molar-refractivity contribution in [1.29, 1.82) is 0 Å². The zero-order valence-corrected chi connectivity index (χ0v) is 24.2. The van der Waals surface area contributed by atoms with E-state index in [9.17, 15) is 18.4 Å². The number of pyridine rings is 2. The Morgan fingerprint density at radius 2 is 1.64 bits per heavy atom. The average molecular weight is 566 g/mol. The molecule has 3 aliphatic rings. The summed E-state index contributed by atoms with van der Waals surface area (Å²) in [7, 11) is 1.86. The fourth-order valence-corrected chi connectivity index (χ4v) is 7.32. The summed E-state index contributed by atoms with van der Waals surface area (Å²) in [5.41, 5.74) is 3.87. The van der Waals surface area contributed by atoms with Gasteiger partial charge in [-0.2, -0.15) is 0 Å². The Morgan fingerprint density at radius 3 is 2.38 bits per heavy atom. The summed E-state index contributed by atoms with van der Waals surface area (Å²) in [5, 5.41) is 0.930. The molecule has 0 saturated carbocycles. The summed E-state index contributed by atoms with van der Waals surface area (Å²) in [6, 6.07) is 13.6. The Hall–Kier alpha value is -4.04. The Kier molecular flexibility index (Phi) is 5.74. The number of carbonyl (C=O) groups is 2. The maximum atomic E-state index is 14.4. The van der Waals surface area contributed by atoms with Crippen LogP contribution in [-0.4, -0.2) is 50.6 Å². The number of halogens is 2. The van der Waals surface area contributed by atoms with Crippen LogP contribution in [0.5, 0.6) is 0 Å². The van der Waals surface area contributed by atoms with Gasteiger partial charge >= 0.3 is 0 Å². The molecule has 42 heavy (non-hydrogen) atoms. The zero-order valence-electron chi connectivity index (χ0n) is 24.2. The molecule has 7 rings (SSSR count). The van der Waals surface area contributed by atoms with Gasteiger partial charge in [0.25, 0.3) is 0 Å². The van der Waals surface area contributed by atoms with Crippen LogP contribution in [0.4, 0.5) is 8.78 Å². The summed E-state index contributed by atoms with van der Waals surface area (Å²) in [5.74, 6) is -1.27. The van der Waals surface area contributed by atoms with Gasteiger partial charge in [0.2, 0.25) is 5.91 Å². The summed E-state index contributed by atoms with van der Waals surface area (Å²) >= 11 is 0. The van der Waals surface area contributed by atoms with Crippen molar-refractivity contribution in [1.82, 2.24) is 19.8 Å². The SMILES string of the molecule is CC1(C)C(=O)N(Cc2cnc3cc4c(cc3c2)C[C@@]2(C4)C(=O)Cc3ncccc32)C(C)(c2cc(F)cc(F)c2)CN1[11CH3]. The predicted molar refractivity (Wildman–Crippen MR) is 155 cm³/mol. The highest BCUT2D eigenvalue weighted by Gasteiger charge is 2.52. The molecule has 1 unspecified atom stereocenters. The van der Waals surface area contributed by atoms with E-state index in [1.165, 1.54) is 12.1 Å². The standard InChI is InChI=1S/C34H32F2N4O2/c1-32(2)31(42)40(33(3,19-39(32)4)24-11-25(35)13-26(36)12-24)18-20-8-21-9-22-15-34(16-23(22)10-28(21)38-17-20)27-6-5-7-37-29(27)14-30(34)41/h5-13,17H,14-16,18-19H2,1-4H3/t33?,34-/m0/s1/i4-1. The third-order valence-electron chi connectivity index (χ3n) is 10.0. The quantitative estimate of drug-likeness (QED) is 0.348. The van der Waals surface area contributed by atoms with Crippen molar-refractivity contribution in [3.8, 4) is 0 Å². The van der Waals surface area contributed by atoms with Crippen molar-refractivity contribution in [2.45, 2.75) is 63.1 Å². The number of aromatic nitrogens is 2. The Balaban J connectivity index is 1.26. The van der Waals surface area contributed by atoms with Crippen LogP contribution >= 0.6 is 0 Å². The molecule has 1 amide bonds. The van der Waals surface area contributed by atoms with Gasteiger partial charge in [-0.05, 0) is 105 Å². The first-order valence-corrected chi connectivity index (χ1v) is 14.3. The van der Waals surface area contributed by atoms with Crippen LogP contribution in [0.2, 0.25) is 0 Å². The first kappa shape index (κ1) is 26.8. The van der Waals surface area contributed by atoms with E-state index in [1.807, 2.05) is 50.9 Å². The normalized spacial score (nSPS) is 25.0. The number of carbonyl (C=O) groups excluding carboxylic acids is 2. The van der Waals surface area contributed by atoms with E-state index in [4.69, 9.17) is 4.98 Å². The number of nitrogens with zero attached hydrogens (tertiary/aromatic N) is 4. The number of likely N-dealkylation sites (N-methyl/N-ethyl adjacent to an activating group) is 1. The molecule has 2 aromatic heterocycles. The van der Waals surface area contributed by atoms with Gasteiger partial charge in [-0.15, -0.1) is 0 Å². The first-order valence-electron chi connectivity index (χ1n) is 14.3. The monoisotopic (exact) mass is 565 g/mol.